The SMILES string of the molecule is CC.Cc1cc(S(N)(=O)=O)ccc1-c1cccc(CO)c1. The Labute approximate surface area is 126 Å². The third kappa shape index (κ3) is 4.39. The summed E-state index contributed by atoms with van der Waals surface area (Å²) >= 11 is 0. The minimum Gasteiger partial charge on any atom is -0.392 e. The van der Waals surface area contributed by atoms with E-state index in [1.807, 2.05) is 45.0 Å². The number of rotatable bonds is 3. The van der Waals surface area contributed by atoms with Crippen LogP contribution in [0.2, 0.25) is 0 Å². The molecule has 3 N–H and O–H groups in total. The molecule has 0 amide bonds. The second kappa shape index (κ2) is 7.36. The van der Waals surface area contributed by atoms with Gasteiger partial charge in [0, 0.05) is 0 Å². The molecule has 0 aliphatic heterocycles. The Kier molecular flexibility index (Phi) is 6.08. The topological polar surface area (TPSA) is 80.4 Å². The van der Waals surface area contributed by atoms with Crippen LogP contribution in [0.1, 0.15) is 25.0 Å². The number of aryl methyl sites for hydroxylation is 1. The number of aliphatic hydroxyl groups is 1. The molecular weight excluding hydrogens is 286 g/mol. The number of aliphatic hydroxyl groups excluding tert-OH is 1. The molecule has 0 atom stereocenters. The predicted molar refractivity (Wildman–Crippen MR) is 85.3 cm³/mol. The molecule has 0 aliphatic carbocycles. The summed E-state index contributed by atoms with van der Waals surface area (Å²) in [5.74, 6) is 0. The Morgan fingerprint density at radius 1 is 1.10 bits per heavy atom. The molecule has 2 aromatic rings. The van der Waals surface area contributed by atoms with Gasteiger partial charge >= 0.3 is 0 Å². The zero-order valence-corrected chi connectivity index (χ0v) is 13.3. The monoisotopic (exact) mass is 307 g/mol. The van der Waals surface area contributed by atoms with E-state index < -0.39 is 10.0 Å². The molecule has 4 nitrogen and oxygen atoms in total. The molecule has 0 fully saturated rings. The maximum Gasteiger partial charge on any atom is 0.238 e. The van der Waals surface area contributed by atoms with E-state index in [2.05, 4.69) is 0 Å². The van der Waals surface area contributed by atoms with Gasteiger partial charge in [-0.1, -0.05) is 38.1 Å². The van der Waals surface area contributed by atoms with Gasteiger partial charge in [0.15, 0.2) is 0 Å². The van der Waals surface area contributed by atoms with Gasteiger partial charge in [-0.15, -0.1) is 0 Å². The fraction of sp³-hybridized carbons (Fsp3) is 0.250. The van der Waals surface area contributed by atoms with Gasteiger partial charge in [-0.25, -0.2) is 13.6 Å². The Balaban J connectivity index is 0.00000106. The summed E-state index contributed by atoms with van der Waals surface area (Å²) in [6.45, 7) is 5.80. The van der Waals surface area contributed by atoms with Crippen LogP contribution in [0.5, 0.6) is 0 Å². The molecule has 2 aromatic carbocycles. The first-order valence-electron chi connectivity index (χ1n) is 6.75. The number of primary sulfonamides is 1. The highest BCUT2D eigenvalue weighted by Crippen LogP contribution is 2.26. The summed E-state index contributed by atoms with van der Waals surface area (Å²) in [7, 11) is -3.68. The van der Waals surface area contributed by atoms with Crippen molar-refractivity contribution in [1.82, 2.24) is 0 Å². The molecule has 114 valence electrons. The minimum absolute atomic E-state index is 0.0256. The molecule has 0 saturated carbocycles. The maximum atomic E-state index is 11.3. The lowest BCUT2D eigenvalue weighted by molar-refractivity contribution is 0.282. The van der Waals surface area contributed by atoms with Crippen molar-refractivity contribution in [3.63, 3.8) is 0 Å². The van der Waals surface area contributed by atoms with Gasteiger partial charge in [-0.05, 0) is 47.4 Å². The zero-order valence-electron chi connectivity index (χ0n) is 12.5. The van der Waals surface area contributed by atoms with E-state index in [4.69, 9.17) is 10.2 Å². The van der Waals surface area contributed by atoms with Crippen LogP contribution < -0.4 is 5.14 Å². The molecule has 0 unspecified atom stereocenters. The van der Waals surface area contributed by atoms with Gasteiger partial charge in [-0.3, -0.25) is 0 Å². The quantitative estimate of drug-likeness (QED) is 0.915. The van der Waals surface area contributed by atoms with Gasteiger partial charge < -0.3 is 5.11 Å². The molecule has 0 bridgehead atoms. The largest absolute Gasteiger partial charge is 0.392 e. The van der Waals surface area contributed by atoms with E-state index in [1.165, 1.54) is 6.07 Å². The van der Waals surface area contributed by atoms with Crippen molar-refractivity contribution in [3.8, 4) is 11.1 Å². The van der Waals surface area contributed by atoms with Crippen LogP contribution in [0.25, 0.3) is 11.1 Å². The van der Waals surface area contributed by atoms with Gasteiger partial charge in [0.25, 0.3) is 0 Å². The van der Waals surface area contributed by atoms with Crippen molar-refractivity contribution in [2.45, 2.75) is 32.3 Å². The van der Waals surface area contributed by atoms with Crippen LogP contribution in [0.4, 0.5) is 0 Å². The third-order valence-electron chi connectivity index (χ3n) is 2.95. The van der Waals surface area contributed by atoms with Gasteiger partial charge in [0.05, 0.1) is 11.5 Å². The molecule has 0 radical (unpaired) electrons. The van der Waals surface area contributed by atoms with Crippen LogP contribution in [0, 0.1) is 6.92 Å². The molecule has 5 heteroatoms. The summed E-state index contributed by atoms with van der Waals surface area (Å²) in [5.41, 5.74) is 3.49. The minimum atomic E-state index is -3.68. The van der Waals surface area contributed by atoms with E-state index in [0.717, 1.165) is 22.3 Å². The lowest BCUT2D eigenvalue weighted by atomic mass is 9.99. The summed E-state index contributed by atoms with van der Waals surface area (Å²) < 4.78 is 22.6. The molecular formula is C16H21NO3S. The van der Waals surface area contributed by atoms with Crippen molar-refractivity contribution in [3.05, 3.63) is 53.6 Å². The first-order valence-corrected chi connectivity index (χ1v) is 8.30. The Morgan fingerprint density at radius 2 is 1.76 bits per heavy atom. The first-order chi connectivity index (χ1) is 9.91. The summed E-state index contributed by atoms with van der Waals surface area (Å²) in [6.07, 6.45) is 0. The number of sulfonamides is 1. The number of benzene rings is 2. The van der Waals surface area contributed by atoms with Crippen molar-refractivity contribution in [2.24, 2.45) is 5.14 Å². The molecule has 0 spiro atoms. The fourth-order valence-corrected chi connectivity index (χ4v) is 2.57. The lowest BCUT2D eigenvalue weighted by Crippen LogP contribution is -2.12. The van der Waals surface area contributed by atoms with Gasteiger partial charge in [-0.2, -0.15) is 0 Å². The van der Waals surface area contributed by atoms with Crippen LogP contribution in [-0.2, 0) is 16.6 Å². The van der Waals surface area contributed by atoms with Crippen LogP contribution in [-0.4, -0.2) is 13.5 Å². The Morgan fingerprint density at radius 3 is 2.29 bits per heavy atom. The highest BCUT2D eigenvalue weighted by Gasteiger charge is 2.10. The van der Waals surface area contributed by atoms with Crippen LogP contribution >= 0.6 is 0 Å². The smallest absolute Gasteiger partial charge is 0.238 e. The van der Waals surface area contributed by atoms with E-state index in [1.54, 1.807) is 12.1 Å². The van der Waals surface area contributed by atoms with Crippen LogP contribution in [0.15, 0.2) is 47.4 Å². The van der Waals surface area contributed by atoms with E-state index >= 15 is 0 Å². The Hall–Kier alpha value is -1.69. The highest BCUT2D eigenvalue weighted by molar-refractivity contribution is 7.89. The van der Waals surface area contributed by atoms with Crippen LogP contribution in [0.3, 0.4) is 0 Å². The summed E-state index contributed by atoms with van der Waals surface area (Å²) in [4.78, 5) is 0.104. The lowest BCUT2D eigenvalue weighted by Gasteiger charge is -2.09. The summed E-state index contributed by atoms with van der Waals surface area (Å²) in [5, 5.41) is 14.2. The van der Waals surface area contributed by atoms with Crippen molar-refractivity contribution < 1.29 is 13.5 Å². The van der Waals surface area contributed by atoms with Gasteiger partial charge in [0.1, 0.15) is 0 Å². The molecule has 0 saturated heterocycles. The highest BCUT2D eigenvalue weighted by atomic mass is 32.2. The summed E-state index contributed by atoms with van der Waals surface area (Å²) in [6, 6.07) is 12.2. The maximum absolute atomic E-state index is 11.3. The number of hydrogen-bond donors (Lipinski definition) is 2. The van der Waals surface area contributed by atoms with E-state index in [9.17, 15) is 8.42 Å². The van der Waals surface area contributed by atoms with E-state index in [-0.39, 0.29) is 11.5 Å². The standard InChI is InChI=1S/C14H15NO3S.C2H6/c1-10-7-13(19(15,17)18)5-6-14(10)12-4-2-3-11(8-12)9-16;1-2/h2-8,16H,9H2,1H3,(H2,15,17,18);1-2H3. The second-order valence-corrected chi connectivity index (χ2v) is 5.94. The normalized spacial score (nSPS) is 10.7. The molecule has 0 aliphatic rings. The zero-order chi connectivity index (χ0) is 16.0. The van der Waals surface area contributed by atoms with Crippen molar-refractivity contribution in [1.29, 1.82) is 0 Å². The van der Waals surface area contributed by atoms with Crippen molar-refractivity contribution >= 4 is 10.0 Å². The fourth-order valence-electron chi connectivity index (χ4n) is 1.97. The Bertz CT molecular complexity index is 709. The average Bonchev–Trinajstić information content (AvgIpc) is 2.48. The average molecular weight is 307 g/mol. The third-order valence-corrected chi connectivity index (χ3v) is 3.86. The predicted octanol–water partition coefficient (Wildman–Crippen LogP) is 2.83. The van der Waals surface area contributed by atoms with E-state index in [0.29, 0.717) is 0 Å². The van der Waals surface area contributed by atoms with Gasteiger partial charge in [0.2, 0.25) is 10.0 Å². The second-order valence-electron chi connectivity index (χ2n) is 4.38. The first kappa shape index (κ1) is 17.4. The number of hydrogen-bond acceptors (Lipinski definition) is 3. The van der Waals surface area contributed by atoms with Crippen molar-refractivity contribution in [2.75, 3.05) is 0 Å². The molecule has 21 heavy (non-hydrogen) atoms. The number of nitrogens with two attached hydrogens (primary N) is 1. The molecule has 0 aromatic heterocycles. The molecule has 2 rings (SSSR count). The molecule has 0 heterocycles.